The Morgan fingerprint density at radius 1 is 1.00 bits per heavy atom. The molecule has 43 heavy (non-hydrogen) atoms. The molecular formula is C32H48ClN5O5. The Labute approximate surface area is 261 Å². The Morgan fingerprint density at radius 3 is 2.35 bits per heavy atom. The van der Waals surface area contributed by atoms with Gasteiger partial charge in [-0.25, -0.2) is 4.99 Å². The van der Waals surface area contributed by atoms with Crippen LogP contribution in [0.1, 0.15) is 63.9 Å². The van der Waals surface area contributed by atoms with Gasteiger partial charge in [-0.05, 0) is 69.2 Å². The molecule has 3 amide bonds. The molecule has 1 aromatic carbocycles. The van der Waals surface area contributed by atoms with Crippen molar-refractivity contribution in [1.82, 2.24) is 15.5 Å². The second kappa shape index (κ2) is 18.7. The minimum absolute atomic E-state index is 0.0135. The van der Waals surface area contributed by atoms with E-state index in [1.807, 2.05) is 43.3 Å². The van der Waals surface area contributed by atoms with Gasteiger partial charge in [0, 0.05) is 50.8 Å². The molecule has 3 rings (SSSR count). The van der Waals surface area contributed by atoms with Crippen molar-refractivity contribution in [3.8, 4) is 0 Å². The monoisotopic (exact) mass is 617 g/mol. The zero-order chi connectivity index (χ0) is 31.0. The van der Waals surface area contributed by atoms with Crippen LogP contribution in [-0.4, -0.2) is 94.0 Å². The highest BCUT2D eigenvalue weighted by atomic mass is 35.5. The zero-order valence-electron chi connectivity index (χ0n) is 25.9. The fourth-order valence-electron chi connectivity index (χ4n) is 5.16. The molecule has 2 N–H and O–H groups in total. The number of ether oxygens (including phenoxy) is 2. The van der Waals surface area contributed by atoms with Crippen molar-refractivity contribution in [2.24, 2.45) is 10.9 Å². The lowest BCUT2D eigenvalue weighted by atomic mass is 9.85. The van der Waals surface area contributed by atoms with Crippen molar-refractivity contribution in [3.05, 3.63) is 35.5 Å². The van der Waals surface area contributed by atoms with Crippen molar-refractivity contribution in [1.29, 1.82) is 0 Å². The number of nitrogens with zero attached hydrogens (tertiary/aromatic N) is 3. The van der Waals surface area contributed by atoms with E-state index < -0.39 is 0 Å². The van der Waals surface area contributed by atoms with Crippen LogP contribution in [0.2, 0.25) is 0 Å². The molecule has 1 saturated carbocycles. The fourth-order valence-corrected chi connectivity index (χ4v) is 5.35. The minimum Gasteiger partial charge on any atom is -0.379 e. The smallest absolute Gasteiger partial charge is 0.278 e. The average Bonchev–Trinajstić information content (AvgIpc) is 3.25. The number of hydrogen-bond donors (Lipinski definition) is 2. The maximum Gasteiger partial charge on any atom is 0.278 e. The van der Waals surface area contributed by atoms with E-state index in [2.05, 4.69) is 15.6 Å². The molecule has 1 aromatic rings. The van der Waals surface area contributed by atoms with Gasteiger partial charge in [0.25, 0.3) is 5.91 Å². The second-order valence-corrected chi connectivity index (χ2v) is 11.7. The average molecular weight is 618 g/mol. The molecule has 1 aliphatic heterocycles. The maximum absolute atomic E-state index is 13.0. The third kappa shape index (κ3) is 11.9. The van der Waals surface area contributed by atoms with E-state index in [0.717, 1.165) is 62.3 Å². The predicted octanol–water partition coefficient (Wildman–Crippen LogP) is 3.98. The number of benzene rings is 1. The standard InChI is InChI=1S/C32H48ClN5O5/c1-24-35-29(22-25-8-14-28(15-9-25)37(2)3)32(41)38(24)23-30(39)36-27-12-10-26(11-13-27)31(40)34-17-19-43-21-20-42-18-7-5-4-6-16-33/h8-9,14-15,22,26-27H,4-7,10-13,16-21,23H2,1-3H3,(H,34,40)(H,36,39)/b29-22-. The summed E-state index contributed by atoms with van der Waals surface area (Å²) in [5, 5.41) is 6.00. The molecule has 0 spiro atoms. The lowest BCUT2D eigenvalue weighted by molar-refractivity contribution is -0.130. The van der Waals surface area contributed by atoms with Crippen LogP contribution in [0.5, 0.6) is 0 Å². The molecule has 1 fully saturated rings. The molecule has 0 radical (unpaired) electrons. The van der Waals surface area contributed by atoms with Gasteiger partial charge in [-0.1, -0.05) is 25.0 Å². The first-order valence-electron chi connectivity index (χ1n) is 15.4. The summed E-state index contributed by atoms with van der Waals surface area (Å²) in [6, 6.07) is 7.82. The fraction of sp³-hybridized carbons (Fsp3) is 0.625. The number of unbranched alkanes of at least 4 members (excludes halogenated alkanes) is 3. The number of carbonyl (C=O) groups is 3. The molecule has 1 aliphatic carbocycles. The summed E-state index contributed by atoms with van der Waals surface area (Å²) in [5.41, 5.74) is 2.25. The lowest BCUT2D eigenvalue weighted by Crippen LogP contribution is -2.46. The molecule has 0 saturated heterocycles. The number of rotatable bonds is 18. The van der Waals surface area contributed by atoms with Crippen LogP contribution in [0.4, 0.5) is 5.69 Å². The van der Waals surface area contributed by atoms with Crippen molar-refractivity contribution in [2.45, 2.75) is 64.3 Å². The number of carbonyl (C=O) groups excluding carboxylic acids is 3. The number of amidine groups is 1. The van der Waals surface area contributed by atoms with Gasteiger partial charge in [-0.3, -0.25) is 19.3 Å². The van der Waals surface area contributed by atoms with Crippen molar-refractivity contribution in [2.75, 3.05) is 64.4 Å². The molecule has 0 atom stereocenters. The number of hydrogen-bond acceptors (Lipinski definition) is 7. The van der Waals surface area contributed by atoms with Crippen LogP contribution < -0.4 is 15.5 Å². The maximum atomic E-state index is 13.0. The Balaban J connectivity index is 1.28. The summed E-state index contributed by atoms with van der Waals surface area (Å²) < 4.78 is 11.1. The van der Waals surface area contributed by atoms with E-state index in [0.29, 0.717) is 50.7 Å². The lowest BCUT2D eigenvalue weighted by Gasteiger charge is -2.29. The van der Waals surface area contributed by atoms with Gasteiger partial charge >= 0.3 is 0 Å². The highest BCUT2D eigenvalue weighted by Crippen LogP contribution is 2.25. The summed E-state index contributed by atoms with van der Waals surface area (Å²) in [4.78, 5) is 46.1. The summed E-state index contributed by atoms with van der Waals surface area (Å²) >= 11 is 5.67. The van der Waals surface area contributed by atoms with Gasteiger partial charge in [0.15, 0.2) is 0 Å². The van der Waals surface area contributed by atoms with Crippen LogP contribution in [0.3, 0.4) is 0 Å². The van der Waals surface area contributed by atoms with E-state index >= 15 is 0 Å². The number of nitrogens with one attached hydrogen (secondary N) is 2. The summed E-state index contributed by atoms with van der Waals surface area (Å²) in [5.74, 6) is 0.686. The number of halogens is 1. The first kappa shape index (κ1) is 34.5. The van der Waals surface area contributed by atoms with Gasteiger partial charge < -0.3 is 25.0 Å². The van der Waals surface area contributed by atoms with Gasteiger partial charge in [0.1, 0.15) is 18.1 Å². The Hall–Kier alpha value is -2.95. The van der Waals surface area contributed by atoms with E-state index in [-0.39, 0.29) is 36.2 Å². The predicted molar refractivity (Wildman–Crippen MR) is 171 cm³/mol. The van der Waals surface area contributed by atoms with Gasteiger partial charge in [0.05, 0.1) is 19.8 Å². The Kier molecular flexibility index (Phi) is 15.0. The van der Waals surface area contributed by atoms with Crippen molar-refractivity contribution in [3.63, 3.8) is 0 Å². The molecular weight excluding hydrogens is 570 g/mol. The zero-order valence-corrected chi connectivity index (χ0v) is 26.7. The quantitative estimate of drug-likeness (QED) is 0.146. The molecule has 0 aromatic heterocycles. The summed E-state index contributed by atoms with van der Waals surface area (Å²) in [7, 11) is 3.94. The van der Waals surface area contributed by atoms with Crippen molar-refractivity contribution >= 4 is 46.9 Å². The first-order chi connectivity index (χ1) is 20.8. The normalized spacial score (nSPS) is 19.4. The van der Waals surface area contributed by atoms with Crippen LogP contribution in [0, 0.1) is 5.92 Å². The van der Waals surface area contributed by atoms with Gasteiger partial charge in [0.2, 0.25) is 11.8 Å². The third-order valence-electron chi connectivity index (χ3n) is 7.70. The van der Waals surface area contributed by atoms with Crippen LogP contribution in [-0.2, 0) is 23.9 Å². The molecule has 0 bridgehead atoms. The number of alkyl halides is 1. The third-order valence-corrected chi connectivity index (χ3v) is 7.97. The molecule has 2 aliphatic rings. The molecule has 11 heteroatoms. The number of amides is 3. The molecule has 10 nitrogen and oxygen atoms in total. The second-order valence-electron chi connectivity index (χ2n) is 11.3. The Bertz CT molecular complexity index is 1100. The highest BCUT2D eigenvalue weighted by molar-refractivity contribution is 6.17. The number of anilines is 1. The van der Waals surface area contributed by atoms with Gasteiger partial charge in [-0.15, -0.1) is 11.6 Å². The topological polar surface area (TPSA) is 113 Å². The molecule has 0 unspecified atom stereocenters. The summed E-state index contributed by atoms with van der Waals surface area (Å²) in [6.07, 6.45) is 8.97. The van der Waals surface area contributed by atoms with E-state index in [4.69, 9.17) is 21.1 Å². The first-order valence-corrected chi connectivity index (χ1v) is 16.0. The van der Waals surface area contributed by atoms with Crippen LogP contribution in [0.15, 0.2) is 35.0 Å². The summed E-state index contributed by atoms with van der Waals surface area (Å²) in [6.45, 7) is 4.38. The van der Waals surface area contributed by atoms with E-state index in [9.17, 15) is 14.4 Å². The Morgan fingerprint density at radius 2 is 1.67 bits per heavy atom. The van der Waals surface area contributed by atoms with Crippen LogP contribution >= 0.6 is 11.6 Å². The van der Waals surface area contributed by atoms with Crippen molar-refractivity contribution < 1.29 is 23.9 Å². The highest BCUT2D eigenvalue weighted by Gasteiger charge is 2.31. The van der Waals surface area contributed by atoms with E-state index in [1.165, 1.54) is 4.90 Å². The van der Waals surface area contributed by atoms with E-state index in [1.54, 1.807) is 13.0 Å². The van der Waals surface area contributed by atoms with Crippen LogP contribution in [0.25, 0.3) is 6.08 Å². The van der Waals surface area contributed by atoms with Gasteiger partial charge in [-0.2, -0.15) is 0 Å². The molecule has 238 valence electrons. The SMILES string of the molecule is CC1=N/C(=C\c2ccc(N(C)C)cc2)C(=O)N1CC(=O)NC1CCC(C(=O)NCCOCCOCCCCCCCl)CC1. The number of aliphatic imine (C=N–C) groups is 1. The largest absolute Gasteiger partial charge is 0.379 e. The molecule has 1 heterocycles. The minimum atomic E-state index is -0.282.